The summed E-state index contributed by atoms with van der Waals surface area (Å²) in [6, 6.07) is 45.4. The largest absolute Gasteiger partial charge is 0.468 e. The highest BCUT2D eigenvalue weighted by Gasteiger charge is 2.17. The smallest absolute Gasteiger partial charge is 0.256 e. The molecule has 0 aromatic heterocycles. The van der Waals surface area contributed by atoms with Gasteiger partial charge in [-0.25, -0.2) is 0 Å². The minimum Gasteiger partial charge on any atom is -0.468 e. The van der Waals surface area contributed by atoms with Crippen LogP contribution in [-0.2, 0) is 22.6 Å². The van der Waals surface area contributed by atoms with Crippen molar-refractivity contribution in [1.82, 2.24) is 9.80 Å². The molecule has 0 fully saturated rings. The Morgan fingerprint density at radius 1 is 0.615 bits per heavy atom. The van der Waals surface area contributed by atoms with E-state index < -0.39 is 0 Å². The standard InChI is InChI=1S/C44H43N3O5/c1-46(43(48)38-17-16-37-28-40(23-20-36(37)27-38)52-31-51-25-24-50-3)30-33-12-9-13-35(26-33)34-18-21-39(22-19-34)45-42-15-8-7-14-41(42)44(49)47(2)29-32-10-5-4-6-11-32/h4-23,26-28,45H,24-25,29-31H2,1-3H3. The molecule has 6 aromatic carbocycles. The predicted octanol–water partition coefficient (Wildman–Crippen LogP) is 8.79. The van der Waals surface area contributed by atoms with Crippen LogP contribution in [0.4, 0.5) is 11.4 Å². The zero-order valence-corrected chi connectivity index (χ0v) is 29.8. The number of amides is 2. The third-order valence-electron chi connectivity index (χ3n) is 8.76. The molecule has 0 aliphatic heterocycles. The van der Waals surface area contributed by atoms with Crippen LogP contribution in [-0.4, -0.2) is 62.8 Å². The number of para-hydroxylation sites is 1. The number of fused-ring (bicyclic) bond motifs is 1. The van der Waals surface area contributed by atoms with Crippen molar-refractivity contribution in [3.05, 3.63) is 162 Å². The van der Waals surface area contributed by atoms with Crippen molar-refractivity contribution in [3.63, 3.8) is 0 Å². The fourth-order valence-electron chi connectivity index (χ4n) is 5.99. The molecule has 1 N–H and O–H groups in total. The maximum Gasteiger partial charge on any atom is 0.256 e. The van der Waals surface area contributed by atoms with Crippen molar-refractivity contribution < 1.29 is 23.8 Å². The van der Waals surface area contributed by atoms with Crippen LogP contribution in [0.3, 0.4) is 0 Å². The van der Waals surface area contributed by atoms with Gasteiger partial charge in [0.25, 0.3) is 11.8 Å². The lowest BCUT2D eigenvalue weighted by Crippen LogP contribution is -2.26. The molecule has 0 heterocycles. The number of hydrogen-bond acceptors (Lipinski definition) is 6. The normalized spacial score (nSPS) is 10.9. The zero-order chi connectivity index (χ0) is 36.3. The highest BCUT2D eigenvalue weighted by Crippen LogP contribution is 2.27. The lowest BCUT2D eigenvalue weighted by Gasteiger charge is -2.20. The summed E-state index contributed by atoms with van der Waals surface area (Å²) in [6.45, 7) is 2.12. The van der Waals surface area contributed by atoms with Gasteiger partial charge in [-0.15, -0.1) is 0 Å². The molecule has 0 aliphatic rings. The van der Waals surface area contributed by atoms with Gasteiger partial charge in [0.15, 0.2) is 6.79 Å². The van der Waals surface area contributed by atoms with Crippen molar-refractivity contribution in [1.29, 1.82) is 0 Å². The van der Waals surface area contributed by atoms with Gasteiger partial charge in [0.2, 0.25) is 0 Å². The molecule has 0 aliphatic carbocycles. The average Bonchev–Trinajstić information content (AvgIpc) is 3.18. The number of anilines is 2. The van der Waals surface area contributed by atoms with Crippen LogP contribution >= 0.6 is 0 Å². The Balaban J connectivity index is 1.07. The quantitative estimate of drug-likeness (QED) is 0.0856. The van der Waals surface area contributed by atoms with Gasteiger partial charge in [-0.1, -0.05) is 84.9 Å². The second-order valence-electron chi connectivity index (χ2n) is 12.6. The maximum atomic E-state index is 13.5. The Hall–Kier alpha value is -5.96. The molecule has 0 saturated carbocycles. The summed E-state index contributed by atoms with van der Waals surface area (Å²) in [5.41, 5.74) is 7.06. The first-order valence-electron chi connectivity index (χ1n) is 17.2. The van der Waals surface area contributed by atoms with E-state index in [4.69, 9.17) is 14.2 Å². The highest BCUT2D eigenvalue weighted by atomic mass is 16.7. The summed E-state index contributed by atoms with van der Waals surface area (Å²) in [4.78, 5) is 30.3. The molecule has 0 saturated heterocycles. The molecule has 264 valence electrons. The monoisotopic (exact) mass is 693 g/mol. The fraction of sp³-hybridized carbons (Fsp3) is 0.182. The molecule has 6 rings (SSSR count). The van der Waals surface area contributed by atoms with Gasteiger partial charge in [0.1, 0.15) is 5.75 Å². The lowest BCUT2D eigenvalue weighted by atomic mass is 10.0. The molecule has 0 atom stereocenters. The van der Waals surface area contributed by atoms with Gasteiger partial charge in [0.05, 0.1) is 24.5 Å². The van der Waals surface area contributed by atoms with E-state index in [1.807, 2.05) is 129 Å². The van der Waals surface area contributed by atoms with Crippen LogP contribution in [0.5, 0.6) is 5.75 Å². The first kappa shape index (κ1) is 35.9. The summed E-state index contributed by atoms with van der Waals surface area (Å²) >= 11 is 0. The molecule has 0 radical (unpaired) electrons. The Kier molecular flexibility index (Phi) is 11.9. The summed E-state index contributed by atoms with van der Waals surface area (Å²) < 4.78 is 16.0. The molecule has 6 aromatic rings. The van der Waals surface area contributed by atoms with Crippen molar-refractivity contribution in [2.75, 3.05) is 46.5 Å². The van der Waals surface area contributed by atoms with E-state index in [1.165, 1.54) is 0 Å². The van der Waals surface area contributed by atoms with E-state index in [0.29, 0.717) is 43.2 Å². The molecule has 0 bridgehead atoms. The average molecular weight is 694 g/mol. The lowest BCUT2D eigenvalue weighted by molar-refractivity contribution is -0.00841. The first-order valence-corrected chi connectivity index (χ1v) is 17.2. The van der Waals surface area contributed by atoms with E-state index in [2.05, 4.69) is 29.6 Å². The van der Waals surface area contributed by atoms with Crippen LogP contribution in [0.2, 0.25) is 0 Å². The first-order chi connectivity index (χ1) is 25.4. The third kappa shape index (κ3) is 9.23. The van der Waals surface area contributed by atoms with E-state index in [9.17, 15) is 9.59 Å². The van der Waals surface area contributed by atoms with Crippen LogP contribution in [0.25, 0.3) is 21.9 Å². The van der Waals surface area contributed by atoms with E-state index in [0.717, 1.165) is 44.4 Å². The summed E-state index contributed by atoms with van der Waals surface area (Å²) in [5, 5.41) is 5.37. The molecular weight excluding hydrogens is 650 g/mol. The van der Waals surface area contributed by atoms with Gasteiger partial charge in [-0.05, 0) is 87.6 Å². The van der Waals surface area contributed by atoms with Gasteiger partial charge < -0.3 is 29.3 Å². The van der Waals surface area contributed by atoms with E-state index >= 15 is 0 Å². The number of methoxy groups -OCH3 is 1. The van der Waals surface area contributed by atoms with Crippen LogP contribution in [0, 0.1) is 0 Å². The van der Waals surface area contributed by atoms with Crippen LogP contribution in [0.15, 0.2) is 140 Å². The number of benzene rings is 6. The van der Waals surface area contributed by atoms with Crippen molar-refractivity contribution in [3.8, 4) is 16.9 Å². The summed E-state index contributed by atoms with van der Waals surface area (Å²) in [5.74, 6) is 0.594. The minimum absolute atomic E-state index is 0.0512. The van der Waals surface area contributed by atoms with Crippen molar-refractivity contribution >= 4 is 34.0 Å². The van der Waals surface area contributed by atoms with Crippen molar-refractivity contribution in [2.24, 2.45) is 0 Å². The summed E-state index contributed by atoms with van der Waals surface area (Å²) in [6.07, 6.45) is 0. The molecule has 2 amide bonds. The topological polar surface area (TPSA) is 80.3 Å². The number of nitrogens with one attached hydrogen (secondary N) is 1. The molecule has 0 unspecified atom stereocenters. The van der Waals surface area contributed by atoms with Crippen LogP contribution in [0.1, 0.15) is 31.8 Å². The number of rotatable bonds is 15. The minimum atomic E-state index is -0.0559. The number of carbonyl (C=O) groups excluding carboxylic acids is 2. The SMILES string of the molecule is COCCOCOc1ccc2cc(C(=O)N(C)Cc3cccc(-c4ccc(Nc5ccccc5C(=O)N(C)Cc5ccccc5)cc4)c3)ccc2c1. The number of hydrogen-bond donors (Lipinski definition) is 1. The fourth-order valence-corrected chi connectivity index (χ4v) is 5.99. The maximum absolute atomic E-state index is 13.5. The highest BCUT2D eigenvalue weighted by molar-refractivity contribution is 6.00. The molecule has 8 heteroatoms. The van der Waals surface area contributed by atoms with Crippen molar-refractivity contribution in [2.45, 2.75) is 13.1 Å². The van der Waals surface area contributed by atoms with E-state index in [-0.39, 0.29) is 18.6 Å². The summed E-state index contributed by atoms with van der Waals surface area (Å²) in [7, 11) is 5.27. The third-order valence-corrected chi connectivity index (χ3v) is 8.76. The second kappa shape index (κ2) is 17.3. The molecule has 52 heavy (non-hydrogen) atoms. The number of nitrogens with zero attached hydrogens (tertiary/aromatic N) is 2. The van der Waals surface area contributed by atoms with Crippen LogP contribution < -0.4 is 10.1 Å². The molecule has 8 nitrogen and oxygen atoms in total. The van der Waals surface area contributed by atoms with Gasteiger partial charge >= 0.3 is 0 Å². The number of carbonyl (C=O) groups is 2. The van der Waals surface area contributed by atoms with Gasteiger partial charge in [0, 0.05) is 45.5 Å². The van der Waals surface area contributed by atoms with Gasteiger partial charge in [-0.2, -0.15) is 0 Å². The molecule has 0 spiro atoms. The Morgan fingerprint density at radius 3 is 2.12 bits per heavy atom. The second-order valence-corrected chi connectivity index (χ2v) is 12.6. The Morgan fingerprint density at radius 2 is 1.31 bits per heavy atom. The van der Waals surface area contributed by atoms with Gasteiger partial charge in [-0.3, -0.25) is 9.59 Å². The number of ether oxygens (including phenoxy) is 3. The van der Waals surface area contributed by atoms with E-state index in [1.54, 1.807) is 16.9 Å². The zero-order valence-electron chi connectivity index (χ0n) is 29.8. The molecular formula is C44H43N3O5. The Bertz CT molecular complexity index is 2120. The Labute approximate surface area is 305 Å². The predicted molar refractivity (Wildman–Crippen MR) is 207 cm³/mol.